The molecule has 1 saturated carbocycles. The molecule has 0 spiro atoms. The van der Waals surface area contributed by atoms with Crippen molar-refractivity contribution < 1.29 is 4.79 Å². The fourth-order valence-electron chi connectivity index (χ4n) is 3.62. The molecule has 3 aromatic rings. The Morgan fingerprint density at radius 3 is 2.84 bits per heavy atom. The normalized spacial score (nSPS) is 20.5. The monoisotopic (exact) mass is 336 g/mol. The zero-order valence-electron chi connectivity index (χ0n) is 13.8. The predicted octanol–water partition coefficient (Wildman–Crippen LogP) is 2.64. The maximum atomic E-state index is 12.3. The Balaban J connectivity index is 1.40. The average molecular weight is 336 g/mol. The Labute approximate surface area is 144 Å². The molecule has 0 unspecified atom stereocenters. The number of hydrogen-bond acceptors (Lipinski definition) is 3. The van der Waals surface area contributed by atoms with Crippen LogP contribution in [0.1, 0.15) is 42.2 Å². The topological polar surface area (TPSA) is 79.8 Å². The van der Waals surface area contributed by atoms with E-state index in [2.05, 4.69) is 38.2 Å². The van der Waals surface area contributed by atoms with E-state index in [4.69, 9.17) is 0 Å². The van der Waals surface area contributed by atoms with Gasteiger partial charge in [-0.15, -0.1) is 0 Å². The fraction of sp³-hybridized carbons (Fsp3) is 0.316. The first-order valence-electron chi connectivity index (χ1n) is 8.62. The van der Waals surface area contributed by atoms with Gasteiger partial charge in [0.2, 0.25) is 0 Å². The minimum absolute atomic E-state index is 0.141. The Morgan fingerprint density at radius 2 is 2.04 bits per heavy atom. The van der Waals surface area contributed by atoms with Crippen molar-refractivity contribution >= 4 is 16.9 Å². The van der Waals surface area contributed by atoms with Crippen molar-refractivity contribution in [2.45, 2.75) is 37.8 Å². The highest BCUT2D eigenvalue weighted by Crippen LogP contribution is 2.31. The summed E-state index contributed by atoms with van der Waals surface area (Å²) in [6.45, 7) is 0. The number of fused-ring (bicyclic) bond motifs is 1. The third kappa shape index (κ3) is 3.20. The van der Waals surface area contributed by atoms with Crippen molar-refractivity contribution in [3.05, 3.63) is 64.8 Å². The number of carbonyl (C=O) groups is 1. The molecule has 2 N–H and O–H groups in total. The zero-order valence-corrected chi connectivity index (χ0v) is 13.8. The highest BCUT2D eigenvalue weighted by molar-refractivity contribution is 5.92. The van der Waals surface area contributed by atoms with E-state index < -0.39 is 0 Å². The number of nitrogens with one attached hydrogen (secondary N) is 2. The van der Waals surface area contributed by atoms with Crippen molar-refractivity contribution in [1.29, 1.82) is 0 Å². The summed E-state index contributed by atoms with van der Waals surface area (Å²) in [5.41, 5.74) is 1.17. The van der Waals surface area contributed by atoms with Crippen molar-refractivity contribution in [2.24, 2.45) is 0 Å². The van der Waals surface area contributed by atoms with Crippen molar-refractivity contribution in [3.63, 3.8) is 0 Å². The van der Waals surface area contributed by atoms with Crippen LogP contribution in [0.2, 0.25) is 0 Å². The minimum atomic E-state index is -0.214. The lowest BCUT2D eigenvalue weighted by Crippen LogP contribution is -2.38. The molecule has 0 bridgehead atoms. The lowest BCUT2D eigenvalue weighted by atomic mass is 9.91. The molecule has 0 radical (unpaired) electrons. The Bertz CT molecular complexity index is 951. The van der Waals surface area contributed by atoms with Crippen molar-refractivity contribution in [1.82, 2.24) is 19.9 Å². The van der Waals surface area contributed by atoms with Crippen LogP contribution >= 0.6 is 0 Å². The molecule has 3 aromatic heterocycles. The van der Waals surface area contributed by atoms with Gasteiger partial charge in [0.15, 0.2) is 5.43 Å². The third-order valence-corrected chi connectivity index (χ3v) is 4.92. The van der Waals surface area contributed by atoms with E-state index in [1.54, 1.807) is 0 Å². The smallest absolute Gasteiger partial charge is 0.268 e. The molecule has 1 aliphatic carbocycles. The maximum absolute atomic E-state index is 12.3. The molecular weight excluding hydrogens is 316 g/mol. The van der Waals surface area contributed by atoms with Gasteiger partial charge < -0.3 is 14.9 Å². The van der Waals surface area contributed by atoms with Crippen LogP contribution < -0.4 is 10.7 Å². The van der Waals surface area contributed by atoms with Gasteiger partial charge in [-0.25, -0.2) is 4.98 Å². The summed E-state index contributed by atoms with van der Waals surface area (Å²) in [5.74, 6) is -0.214. The van der Waals surface area contributed by atoms with Gasteiger partial charge in [0.1, 0.15) is 11.3 Å². The second kappa shape index (κ2) is 6.55. The Kier molecular flexibility index (Phi) is 4.09. The molecule has 6 nitrogen and oxygen atoms in total. The average Bonchev–Trinajstić information content (AvgIpc) is 3.06. The summed E-state index contributed by atoms with van der Waals surface area (Å²) in [7, 11) is 0. The quantitative estimate of drug-likeness (QED) is 0.771. The standard InChI is InChI=1S/C19H20N4O2/c24-16-7-10-20-17(12-16)19(25)22-14-3-5-15(6-4-14)23-11-8-13-2-1-9-21-18(13)23/h1-2,7-12,14-15H,3-6H2,(H,20,24)(H,22,25). The van der Waals surface area contributed by atoms with Gasteiger partial charge in [-0.3, -0.25) is 9.59 Å². The highest BCUT2D eigenvalue weighted by atomic mass is 16.2. The summed E-state index contributed by atoms with van der Waals surface area (Å²) >= 11 is 0. The van der Waals surface area contributed by atoms with Crippen LogP contribution in [0.3, 0.4) is 0 Å². The number of rotatable bonds is 3. The molecule has 1 fully saturated rings. The number of nitrogens with zero attached hydrogens (tertiary/aromatic N) is 2. The summed E-state index contributed by atoms with van der Waals surface area (Å²) in [4.78, 5) is 30.9. The SMILES string of the molecule is O=C(NC1CCC(n2ccc3cccnc32)CC1)c1cc(=O)cc[nH]1. The van der Waals surface area contributed by atoms with Crippen LogP contribution in [0.25, 0.3) is 11.0 Å². The highest BCUT2D eigenvalue weighted by Gasteiger charge is 2.24. The lowest BCUT2D eigenvalue weighted by molar-refractivity contribution is 0.0917. The predicted molar refractivity (Wildman–Crippen MR) is 95.6 cm³/mol. The first-order chi connectivity index (χ1) is 12.2. The van der Waals surface area contributed by atoms with Crippen LogP contribution in [-0.4, -0.2) is 26.5 Å². The summed E-state index contributed by atoms with van der Waals surface area (Å²) < 4.78 is 2.25. The third-order valence-electron chi connectivity index (χ3n) is 4.92. The number of amides is 1. The van der Waals surface area contributed by atoms with Gasteiger partial charge in [-0.1, -0.05) is 0 Å². The maximum Gasteiger partial charge on any atom is 0.268 e. The zero-order chi connectivity index (χ0) is 17.2. The summed E-state index contributed by atoms with van der Waals surface area (Å²) in [5, 5.41) is 4.19. The summed E-state index contributed by atoms with van der Waals surface area (Å²) in [6, 6.07) is 9.41. The van der Waals surface area contributed by atoms with E-state index in [1.807, 2.05) is 12.3 Å². The molecule has 4 rings (SSSR count). The molecule has 128 valence electrons. The fourth-order valence-corrected chi connectivity index (χ4v) is 3.62. The minimum Gasteiger partial charge on any atom is -0.357 e. The Morgan fingerprint density at radius 1 is 1.20 bits per heavy atom. The van der Waals surface area contributed by atoms with Gasteiger partial charge >= 0.3 is 0 Å². The molecule has 0 aliphatic heterocycles. The molecule has 0 atom stereocenters. The number of carbonyl (C=O) groups excluding carboxylic acids is 1. The first kappa shape index (κ1) is 15.6. The molecule has 1 amide bonds. The van der Waals surface area contributed by atoms with Crippen LogP contribution in [0.4, 0.5) is 0 Å². The first-order valence-corrected chi connectivity index (χ1v) is 8.62. The Hall–Kier alpha value is -2.89. The molecule has 0 aromatic carbocycles. The number of hydrogen-bond donors (Lipinski definition) is 2. The molecule has 3 heterocycles. The van der Waals surface area contributed by atoms with Crippen LogP contribution in [-0.2, 0) is 0 Å². The molecular formula is C19H20N4O2. The van der Waals surface area contributed by atoms with Crippen molar-refractivity contribution in [3.8, 4) is 0 Å². The molecule has 25 heavy (non-hydrogen) atoms. The van der Waals surface area contributed by atoms with Gasteiger partial charge in [-0.2, -0.15) is 0 Å². The van der Waals surface area contributed by atoms with E-state index in [0.717, 1.165) is 36.7 Å². The summed E-state index contributed by atoms with van der Waals surface area (Å²) in [6.07, 6.45) is 9.26. The van der Waals surface area contributed by atoms with Crippen molar-refractivity contribution in [2.75, 3.05) is 0 Å². The number of aromatic nitrogens is 3. The van der Waals surface area contributed by atoms with E-state index in [9.17, 15) is 9.59 Å². The van der Waals surface area contributed by atoms with Crippen LogP contribution in [0.15, 0.2) is 53.7 Å². The second-order valence-corrected chi connectivity index (χ2v) is 6.56. The van der Waals surface area contributed by atoms with E-state index in [0.29, 0.717) is 11.7 Å². The number of pyridine rings is 2. The largest absolute Gasteiger partial charge is 0.357 e. The van der Waals surface area contributed by atoms with Gasteiger partial charge in [0.05, 0.1) is 0 Å². The molecule has 6 heteroatoms. The molecule has 1 aliphatic rings. The number of H-pyrrole nitrogens is 1. The van der Waals surface area contributed by atoms with Gasteiger partial charge in [0.25, 0.3) is 5.91 Å². The van der Waals surface area contributed by atoms with E-state index in [1.165, 1.54) is 18.3 Å². The van der Waals surface area contributed by atoms with Gasteiger partial charge in [-0.05, 0) is 43.9 Å². The van der Waals surface area contributed by atoms with E-state index >= 15 is 0 Å². The molecule has 0 saturated heterocycles. The second-order valence-electron chi connectivity index (χ2n) is 6.56. The number of aromatic amines is 1. The lowest BCUT2D eigenvalue weighted by Gasteiger charge is -2.30. The van der Waals surface area contributed by atoms with E-state index in [-0.39, 0.29) is 17.4 Å². The van der Waals surface area contributed by atoms with Crippen LogP contribution in [0.5, 0.6) is 0 Å². The van der Waals surface area contributed by atoms with Gasteiger partial charge in [0, 0.05) is 48.2 Å². The van der Waals surface area contributed by atoms with Crippen LogP contribution in [0, 0.1) is 0 Å².